The van der Waals surface area contributed by atoms with Crippen LogP contribution in [0.15, 0.2) is 0 Å². The Labute approximate surface area is 279 Å². The number of rotatable bonds is 0. The molecular formula is C20H102N8P10. The highest BCUT2D eigenvalue weighted by atomic mass is 31.0. The summed E-state index contributed by atoms with van der Waals surface area (Å²) in [6.45, 7) is 35.0. The molecule has 0 aromatic rings. The van der Waals surface area contributed by atoms with Gasteiger partial charge in [0.05, 0.1) is 0 Å². The molecule has 0 saturated heterocycles. The van der Waals surface area contributed by atoms with E-state index in [-0.39, 0.29) is 148 Å². The summed E-state index contributed by atoms with van der Waals surface area (Å²) < 4.78 is 0. The third kappa shape index (κ3) is 3830. The zero-order valence-electron chi connectivity index (χ0n) is 30.7. The maximum atomic E-state index is 2.19. The first kappa shape index (κ1) is 177. The molecule has 0 saturated carbocycles. The standard InChI is InChI=1S/4C5H12.8H3N.10H3P/c4*1-5(2,3)4;;;;;;;;;;;;;;;;;;/h4*1-4H3;18*1H3. The Morgan fingerprint density at radius 2 is 0.158 bits per heavy atom. The van der Waals surface area contributed by atoms with Gasteiger partial charge in [-0.25, -0.2) is 0 Å². The van der Waals surface area contributed by atoms with Crippen LogP contribution in [0.25, 0.3) is 0 Å². The van der Waals surface area contributed by atoms with Crippen LogP contribution in [0.5, 0.6) is 0 Å². The van der Waals surface area contributed by atoms with Gasteiger partial charge in [0.2, 0.25) is 0 Å². The predicted octanol–water partition coefficient (Wildman–Crippen LogP) is 10.1. The van der Waals surface area contributed by atoms with Gasteiger partial charge in [0.25, 0.3) is 0 Å². The summed E-state index contributed by atoms with van der Waals surface area (Å²) in [5.74, 6) is 0. The Kier molecular flexibility index (Phi) is 389. The summed E-state index contributed by atoms with van der Waals surface area (Å²) in [5, 5.41) is 0. The smallest absolute Gasteiger partial charge is 0.0411 e. The number of hydrogen-bond donors (Lipinski definition) is 8. The molecule has 18 heteroatoms. The van der Waals surface area contributed by atoms with E-state index in [1.54, 1.807) is 0 Å². The third-order valence-electron chi connectivity index (χ3n) is 0. The minimum Gasteiger partial charge on any atom is -0.344 e. The van der Waals surface area contributed by atoms with Gasteiger partial charge >= 0.3 is 0 Å². The average Bonchev–Trinajstić information content (AvgIpc) is 1.62. The Bertz CT molecular complexity index is 166. The lowest BCUT2D eigenvalue weighted by molar-refractivity contribution is 0.469. The van der Waals surface area contributed by atoms with E-state index in [9.17, 15) is 0 Å². The van der Waals surface area contributed by atoms with Crippen molar-refractivity contribution in [3.8, 4) is 0 Å². The van der Waals surface area contributed by atoms with Crippen molar-refractivity contribution in [3.63, 3.8) is 0 Å². The minimum absolute atomic E-state index is 0. The first-order valence-electron chi connectivity index (χ1n) is 8.00. The van der Waals surface area contributed by atoms with E-state index in [1.807, 2.05) is 0 Å². The normalized spacial score (nSPS) is 6.32. The predicted molar refractivity (Wildman–Crippen MR) is 252 cm³/mol. The topological polar surface area (TPSA) is 280 Å². The number of hydrogen-bond acceptors (Lipinski definition) is 8. The molecule has 8 nitrogen and oxygen atoms in total. The van der Waals surface area contributed by atoms with E-state index >= 15 is 0 Å². The molecule has 0 rings (SSSR count). The fourth-order valence-electron chi connectivity index (χ4n) is 0. The molecule has 0 spiro atoms. The second kappa shape index (κ2) is 83.7. The molecular weight excluding hydrogens is 662 g/mol. The molecule has 0 amide bonds. The lowest BCUT2D eigenvalue weighted by Gasteiger charge is -2.05. The summed E-state index contributed by atoms with van der Waals surface area (Å²) >= 11 is 0. The molecule has 38 heavy (non-hydrogen) atoms. The van der Waals surface area contributed by atoms with Crippen molar-refractivity contribution in [2.24, 2.45) is 21.7 Å². The molecule has 272 valence electrons. The summed E-state index contributed by atoms with van der Waals surface area (Å²) in [5.41, 5.74) is 2.00. The van der Waals surface area contributed by atoms with Gasteiger partial charge in [0.1, 0.15) is 0 Å². The third-order valence-corrected chi connectivity index (χ3v) is 0. The molecule has 0 aliphatic rings. The van der Waals surface area contributed by atoms with E-state index in [4.69, 9.17) is 0 Å². The van der Waals surface area contributed by atoms with E-state index in [0.717, 1.165) is 0 Å². The van der Waals surface area contributed by atoms with Crippen LogP contribution in [0.3, 0.4) is 0 Å². The molecule has 0 aromatic heterocycles. The zero-order chi connectivity index (χ0) is 18.0. The van der Waals surface area contributed by atoms with Crippen molar-refractivity contribution in [2.45, 2.75) is 111 Å². The summed E-state index contributed by atoms with van der Waals surface area (Å²) in [6, 6.07) is 0. The van der Waals surface area contributed by atoms with Gasteiger partial charge in [-0.05, 0) is 21.7 Å². The van der Waals surface area contributed by atoms with Gasteiger partial charge in [-0.2, -0.15) is 99.0 Å². The largest absolute Gasteiger partial charge is 0.344 e. The second-order valence-electron chi connectivity index (χ2n) is 12.0. The first-order valence-corrected chi connectivity index (χ1v) is 8.00. The van der Waals surface area contributed by atoms with E-state index in [1.165, 1.54) is 0 Å². The quantitative estimate of drug-likeness (QED) is 0.110. The van der Waals surface area contributed by atoms with Crippen molar-refractivity contribution in [2.75, 3.05) is 0 Å². The van der Waals surface area contributed by atoms with Gasteiger partial charge in [0, 0.05) is 0 Å². The average molecular weight is 765 g/mol. The van der Waals surface area contributed by atoms with Crippen LogP contribution >= 0.6 is 99.0 Å². The van der Waals surface area contributed by atoms with E-state index < -0.39 is 0 Å². The summed E-state index contributed by atoms with van der Waals surface area (Å²) in [4.78, 5) is 0. The van der Waals surface area contributed by atoms with Crippen molar-refractivity contribution in [1.82, 2.24) is 49.2 Å². The van der Waals surface area contributed by atoms with Crippen molar-refractivity contribution in [1.29, 1.82) is 0 Å². The summed E-state index contributed by atoms with van der Waals surface area (Å²) in [6.07, 6.45) is 0. The molecule has 0 bridgehead atoms. The SMILES string of the molecule is CC(C)(C)C.CC(C)(C)C.CC(C)(C)C.CC(C)(C)C.N.N.N.N.N.N.N.N.P.P.P.P.P.P.P.P.P.P. The van der Waals surface area contributed by atoms with Crippen molar-refractivity contribution >= 4 is 99.0 Å². The Morgan fingerprint density at radius 1 is 0.158 bits per heavy atom. The minimum atomic E-state index is 0. The van der Waals surface area contributed by atoms with Crippen LogP contribution in [0, 0.1) is 21.7 Å². The molecule has 24 N–H and O–H groups in total. The molecule has 0 aliphatic carbocycles. The second-order valence-corrected chi connectivity index (χ2v) is 12.0. The highest BCUT2D eigenvalue weighted by Gasteiger charge is 1.96. The molecule has 0 fully saturated rings. The fourth-order valence-corrected chi connectivity index (χ4v) is 0. The van der Waals surface area contributed by atoms with Gasteiger partial charge < -0.3 is 49.2 Å². The van der Waals surface area contributed by atoms with Crippen molar-refractivity contribution < 1.29 is 0 Å². The highest BCUT2D eigenvalue weighted by Crippen LogP contribution is 2.09. The van der Waals surface area contributed by atoms with Gasteiger partial charge in [-0.3, -0.25) is 0 Å². The molecule has 0 heterocycles. The molecule has 0 aromatic carbocycles. The van der Waals surface area contributed by atoms with Gasteiger partial charge in [-0.1, -0.05) is 111 Å². The lowest BCUT2D eigenvalue weighted by atomic mass is 10.0. The molecule has 0 radical (unpaired) electrons. The first-order chi connectivity index (χ1) is 8.00. The van der Waals surface area contributed by atoms with Gasteiger partial charge in [0.15, 0.2) is 0 Å². The molecule has 0 aliphatic heterocycles. The fraction of sp³-hybridized carbons (Fsp3) is 1.00. The Balaban J connectivity index is -0.00000000388. The van der Waals surface area contributed by atoms with E-state index in [2.05, 4.69) is 111 Å². The maximum absolute atomic E-state index is 2.19. The van der Waals surface area contributed by atoms with Crippen LogP contribution in [0.4, 0.5) is 0 Å². The monoisotopic (exact) mass is 765 g/mol. The van der Waals surface area contributed by atoms with Crippen LogP contribution in [-0.4, -0.2) is 0 Å². The van der Waals surface area contributed by atoms with Crippen LogP contribution in [0.2, 0.25) is 0 Å². The van der Waals surface area contributed by atoms with E-state index in [0.29, 0.717) is 21.7 Å². The summed E-state index contributed by atoms with van der Waals surface area (Å²) in [7, 11) is 0. The van der Waals surface area contributed by atoms with Crippen LogP contribution in [-0.2, 0) is 0 Å². The Hall–Kier alpha value is 3.98. The molecule has 10 unspecified atom stereocenters. The van der Waals surface area contributed by atoms with Crippen molar-refractivity contribution in [3.05, 3.63) is 0 Å². The maximum Gasteiger partial charge on any atom is -0.0411 e. The lowest BCUT2D eigenvalue weighted by Crippen LogP contribution is -1.93. The Morgan fingerprint density at radius 3 is 0.158 bits per heavy atom. The van der Waals surface area contributed by atoms with Crippen LogP contribution < -0.4 is 49.2 Å². The molecule has 10 atom stereocenters. The highest BCUT2D eigenvalue weighted by molar-refractivity contribution is 6.93. The zero-order valence-corrected chi connectivity index (χ0v) is 44.9. The van der Waals surface area contributed by atoms with Gasteiger partial charge in [-0.15, -0.1) is 0 Å². The van der Waals surface area contributed by atoms with Crippen LogP contribution in [0.1, 0.15) is 111 Å².